The number of benzene rings is 8. The van der Waals surface area contributed by atoms with Gasteiger partial charge in [-0.15, -0.1) is 0 Å². The zero-order chi connectivity index (χ0) is 32.3. The minimum atomic E-state index is 0.844. The quantitative estimate of drug-likeness (QED) is 0.190. The molecule has 0 saturated carbocycles. The van der Waals surface area contributed by atoms with E-state index in [1.54, 1.807) is 0 Å². The van der Waals surface area contributed by atoms with Gasteiger partial charge in [-0.05, 0) is 76.0 Å². The highest BCUT2D eigenvalue weighted by atomic mass is 16.3. The summed E-state index contributed by atoms with van der Waals surface area (Å²) < 4.78 is 13.3. The SMILES string of the molecule is c1ccc(-c2ccc(N(c3cccc4oc5ccccc5c34)c3cccc4oc5c(-c6ccccc6)cc6ccccc6c5c34)cc2)cc1. The van der Waals surface area contributed by atoms with Gasteiger partial charge in [-0.25, -0.2) is 0 Å². The molecule has 8 aromatic carbocycles. The van der Waals surface area contributed by atoms with E-state index in [-0.39, 0.29) is 0 Å². The highest BCUT2D eigenvalue weighted by molar-refractivity contribution is 6.26. The average molecular weight is 628 g/mol. The maximum atomic E-state index is 6.88. The molecule has 3 heteroatoms. The maximum Gasteiger partial charge on any atom is 0.143 e. The Kier molecular flexibility index (Phi) is 6.18. The second-order valence-electron chi connectivity index (χ2n) is 12.5. The maximum absolute atomic E-state index is 6.88. The summed E-state index contributed by atoms with van der Waals surface area (Å²) in [6.45, 7) is 0. The van der Waals surface area contributed by atoms with E-state index in [0.29, 0.717) is 0 Å². The summed E-state index contributed by atoms with van der Waals surface area (Å²) in [7, 11) is 0. The van der Waals surface area contributed by atoms with Crippen LogP contribution in [-0.4, -0.2) is 0 Å². The molecule has 0 aliphatic rings. The lowest BCUT2D eigenvalue weighted by Crippen LogP contribution is -2.10. The van der Waals surface area contributed by atoms with Gasteiger partial charge in [0, 0.05) is 22.0 Å². The summed E-state index contributed by atoms with van der Waals surface area (Å²) >= 11 is 0. The second-order valence-corrected chi connectivity index (χ2v) is 12.5. The lowest BCUT2D eigenvalue weighted by Gasteiger charge is -2.27. The zero-order valence-electron chi connectivity index (χ0n) is 26.5. The molecule has 10 aromatic rings. The molecule has 3 nitrogen and oxygen atoms in total. The van der Waals surface area contributed by atoms with Gasteiger partial charge in [0.15, 0.2) is 0 Å². The van der Waals surface area contributed by atoms with Gasteiger partial charge in [-0.3, -0.25) is 0 Å². The molecule has 0 amide bonds. The molecular formula is C46H29NO2. The Morgan fingerprint density at radius 1 is 0.367 bits per heavy atom. The topological polar surface area (TPSA) is 29.5 Å². The summed E-state index contributed by atoms with van der Waals surface area (Å²) in [6, 6.07) is 61.8. The molecule has 0 atom stereocenters. The van der Waals surface area contributed by atoms with E-state index >= 15 is 0 Å². The van der Waals surface area contributed by atoms with Crippen molar-refractivity contribution in [3.8, 4) is 22.3 Å². The Balaban J connectivity index is 1.31. The largest absolute Gasteiger partial charge is 0.456 e. The minimum absolute atomic E-state index is 0.844. The molecule has 0 unspecified atom stereocenters. The van der Waals surface area contributed by atoms with Crippen molar-refractivity contribution in [2.75, 3.05) is 4.90 Å². The fourth-order valence-corrected chi connectivity index (χ4v) is 7.45. The summed E-state index contributed by atoms with van der Waals surface area (Å²) in [5.41, 5.74) is 11.1. The van der Waals surface area contributed by atoms with Crippen LogP contribution in [0.15, 0.2) is 185 Å². The van der Waals surface area contributed by atoms with Crippen molar-refractivity contribution in [2.45, 2.75) is 0 Å². The van der Waals surface area contributed by atoms with Gasteiger partial charge >= 0.3 is 0 Å². The molecule has 230 valence electrons. The summed E-state index contributed by atoms with van der Waals surface area (Å²) in [5.74, 6) is 0. The van der Waals surface area contributed by atoms with Crippen molar-refractivity contribution in [3.63, 3.8) is 0 Å². The molecule has 0 bridgehead atoms. The van der Waals surface area contributed by atoms with Crippen molar-refractivity contribution in [2.24, 2.45) is 0 Å². The summed E-state index contributed by atoms with van der Waals surface area (Å²) in [6.07, 6.45) is 0. The molecule has 0 fully saturated rings. The summed E-state index contributed by atoms with van der Waals surface area (Å²) in [4.78, 5) is 2.38. The van der Waals surface area contributed by atoms with Crippen LogP contribution in [-0.2, 0) is 0 Å². The molecule has 2 aromatic heterocycles. The first-order valence-corrected chi connectivity index (χ1v) is 16.6. The van der Waals surface area contributed by atoms with Gasteiger partial charge in [0.05, 0.1) is 22.1 Å². The van der Waals surface area contributed by atoms with E-state index < -0.39 is 0 Å². The molecule has 0 aliphatic carbocycles. The van der Waals surface area contributed by atoms with Gasteiger partial charge in [-0.1, -0.05) is 127 Å². The molecule has 0 saturated heterocycles. The van der Waals surface area contributed by atoms with E-state index in [9.17, 15) is 0 Å². The molecule has 49 heavy (non-hydrogen) atoms. The number of anilines is 3. The van der Waals surface area contributed by atoms with E-state index in [4.69, 9.17) is 8.83 Å². The lowest BCUT2D eigenvalue weighted by molar-refractivity contribution is 0.669. The predicted octanol–water partition coefficient (Wildman–Crippen LogP) is 13.4. The fraction of sp³-hybridized carbons (Fsp3) is 0. The molecule has 0 radical (unpaired) electrons. The third kappa shape index (κ3) is 4.37. The predicted molar refractivity (Wildman–Crippen MR) is 204 cm³/mol. The number of nitrogens with zero attached hydrogens (tertiary/aromatic N) is 1. The van der Waals surface area contributed by atoms with Crippen molar-refractivity contribution < 1.29 is 8.83 Å². The van der Waals surface area contributed by atoms with Gasteiger partial charge in [0.25, 0.3) is 0 Å². The Labute approximate surface area is 282 Å². The van der Waals surface area contributed by atoms with Crippen LogP contribution in [0.4, 0.5) is 17.1 Å². The highest BCUT2D eigenvalue weighted by Crippen LogP contribution is 2.49. The van der Waals surface area contributed by atoms with Crippen molar-refractivity contribution in [1.29, 1.82) is 0 Å². The molecule has 0 spiro atoms. The monoisotopic (exact) mass is 627 g/mol. The zero-order valence-corrected chi connectivity index (χ0v) is 26.5. The molecule has 2 heterocycles. The standard InChI is InChI=1S/C46H29NO2/c1-3-13-30(14-4-1)31-25-27-34(28-26-31)47(38-20-11-23-41-43(38)36-19-9-10-22-40(36)48-41)39-21-12-24-42-45(39)44-35-18-8-7-17-33(35)29-37(46(44)49-42)32-15-5-2-6-16-32/h1-29H. The Morgan fingerprint density at radius 2 is 0.939 bits per heavy atom. The van der Waals surface area contributed by atoms with Crippen LogP contribution in [0.1, 0.15) is 0 Å². The number of hydrogen-bond acceptors (Lipinski definition) is 3. The van der Waals surface area contributed by atoms with Crippen LogP contribution in [0.5, 0.6) is 0 Å². The number of fused-ring (bicyclic) bond motifs is 8. The second kappa shape index (κ2) is 11.0. The van der Waals surface area contributed by atoms with E-state index in [2.05, 4.69) is 169 Å². The van der Waals surface area contributed by atoms with Crippen LogP contribution in [0, 0.1) is 0 Å². The molecule has 0 N–H and O–H groups in total. The first-order valence-electron chi connectivity index (χ1n) is 16.6. The number of hydrogen-bond donors (Lipinski definition) is 0. The van der Waals surface area contributed by atoms with Crippen LogP contribution in [0.25, 0.3) is 76.9 Å². The summed E-state index contributed by atoms with van der Waals surface area (Å²) in [5, 5.41) is 6.67. The van der Waals surface area contributed by atoms with Crippen molar-refractivity contribution in [3.05, 3.63) is 176 Å². The minimum Gasteiger partial charge on any atom is -0.456 e. The van der Waals surface area contributed by atoms with Gasteiger partial charge in [0.2, 0.25) is 0 Å². The van der Waals surface area contributed by atoms with Crippen LogP contribution in [0.3, 0.4) is 0 Å². The van der Waals surface area contributed by atoms with Crippen LogP contribution in [0.2, 0.25) is 0 Å². The number of rotatable bonds is 5. The smallest absolute Gasteiger partial charge is 0.143 e. The van der Waals surface area contributed by atoms with E-state index in [1.807, 2.05) is 12.1 Å². The Morgan fingerprint density at radius 3 is 1.69 bits per heavy atom. The molecule has 10 rings (SSSR count). The third-order valence-corrected chi connectivity index (χ3v) is 9.65. The van der Waals surface area contributed by atoms with E-state index in [0.717, 1.165) is 77.5 Å². The van der Waals surface area contributed by atoms with Gasteiger partial charge in [0.1, 0.15) is 22.3 Å². The number of furan rings is 2. The lowest BCUT2D eigenvalue weighted by atomic mass is 9.95. The first kappa shape index (κ1) is 27.5. The molecule has 0 aliphatic heterocycles. The molecular weight excluding hydrogens is 599 g/mol. The van der Waals surface area contributed by atoms with Crippen molar-refractivity contribution in [1.82, 2.24) is 0 Å². The highest BCUT2D eigenvalue weighted by Gasteiger charge is 2.25. The number of para-hydroxylation sites is 1. The Bertz CT molecular complexity index is 2810. The van der Waals surface area contributed by atoms with Crippen molar-refractivity contribution >= 4 is 71.7 Å². The van der Waals surface area contributed by atoms with Crippen LogP contribution >= 0.6 is 0 Å². The Hall–Kier alpha value is -6.58. The van der Waals surface area contributed by atoms with Gasteiger partial charge < -0.3 is 13.7 Å². The third-order valence-electron chi connectivity index (χ3n) is 9.65. The van der Waals surface area contributed by atoms with Crippen LogP contribution < -0.4 is 4.90 Å². The fourth-order valence-electron chi connectivity index (χ4n) is 7.45. The normalized spacial score (nSPS) is 11.7. The first-order chi connectivity index (χ1) is 24.3. The average Bonchev–Trinajstić information content (AvgIpc) is 3.76. The van der Waals surface area contributed by atoms with Gasteiger partial charge in [-0.2, -0.15) is 0 Å². The van der Waals surface area contributed by atoms with E-state index in [1.165, 1.54) is 16.5 Å².